The van der Waals surface area contributed by atoms with Gasteiger partial charge in [-0.2, -0.15) is 5.26 Å². The zero-order valence-electron chi connectivity index (χ0n) is 8.70. The number of benzene rings is 1. The monoisotopic (exact) mass is 267 g/mol. The lowest BCUT2D eigenvalue weighted by atomic mass is 10.1. The van der Waals surface area contributed by atoms with Crippen molar-refractivity contribution in [3.05, 3.63) is 28.2 Å². The summed E-state index contributed by atoms with van der Waals surface area (Å²) in [6.45, 7) is 1.52. The highest BCUT2D eigenvalue weighted by Crippen LogP contribution is 2.23. The zero-order valence-corrected chi connectivity index (χ0v) is 10.3. The Bertz CT molecular complexity index is 350. The molecule has 1 aromatic carbocycles. The fraction of sp³-hybridized carbons (Fsp3) is 0.364. The van der Waals surface area contributed by atoms with Crippen LogP contribution in [0.3, 0.4) is 0 Å². The highest BCUT2D eigenvalue weighted by molar-refractivity contribution is 9.10. The first-order valence-electron chi connectivity index (χ1n) is 4.73. The van der Waals surface area contributed by atoms with Crippen LogP contribution >= 0.6 is 15.9 Å². The van der Waals surface area contributed by atoms with Crippen molar-refractivity contribution in [2.75, 3.05) is 19.3 Å². The third-order valence-electron chi connectivity index (χ3n) is 2.19. The molecular weight excluding hydrogens is 254 g/mol. The molecule has 0 unspecified atom stereocenters. The van der Waals surface area contributed by atoms with Gasteiger partial charge in [0.05, 0.1) is 6.07 Å². The number of hydrogen-bond acceptors (Lipinski definition) is 3. The molecule has 0 aromatic heterocycles. The highest BCUT2D eigenvalue weighted by atomic mass is 79.9. The predicted octanol–water partition coefficient (Wildman–Crippen LogP) is 2.38. The molecule has 1 aromatic rings. The molecule has 0 fully saturated rings. The normalized spacial score (nSPS) is 10.3. The maximum absolute atomic E-state index is 8.48. The Balaban J connectivity index is 2.68. The maximum atomic E-state index is 8.48. The zero-order chi connectivity index (χ0) is 11.3. The van der Waals surface area contributed by atoms with Crippen LogP contribution in [-0.4, -0.2) is 18.5 Å². The van der Waals surface area contributed by atoms with Crippen LogP contribution in [0.2, 0.25) is 0 Å². The minimum atomic E-state index is 0.543. The molecule has 0 saturated heterocycles. The van der Waals surface area contributed by atoms with Crippen molar-refractivity contribution in [2.45, 2.75) is 13.0 Å². The summed E-state index contributed by atoms with van der Waals surface area (Å²) in [4.78, 5) is 2.08. The molecule has 0 saturated carbocycles. The second-order valence-electron chi connectivity index (χ2n) is 3.45. The van der Waals surface area contributed by atoms with E-state index < -0.39 is 0 Å². The van der Waals surface area contributed by atoms with E-state index in [2.05, 4.69) is 26.9 Å². The van der Waals surface area contributed by atoms with E-state index in [4.69, 9.17) is 11.0 Å². The van der Waals surface area contributed by atoms with E-state index in [9.17, 15) is 0 Å². The first-order valence-corrected chi connectivity index (χ1v) is 5.53. The SMILES string of the molecule is CN(CCC#N)Cc1c(N)cccc1Br. The van der Waals surface area contributed by atoms with Gasteiger partial charge in [0.15, 0.2) is 0 Å². The molecule has 0 aliphatic carbocycles. The van der Waals surface area contributed by atoms with Crippen LogP contribution in [0.4, 0.5) is 5.69 Å². The number of anilines is 1. The van der Waals surface area contributed by atoms with Crippen LogP contribution < -0.4 is 5.73 Å². The van der Waals surface area contributed by atoms with Gasteiger partial charge in [-0.05, 0) is 19.2 Å². The van der Waals surface area contributed by atoms with Gasteiger partial charge < -0.3 is 10.6 Å². The number of halogens is 1. The van der Waals surface area contributed by atoms with E-state index in [0.29, 0.717) is 6.42 Å². The van der Waals surface area contributed by atoms with Gasteiger partial charge in [0.2, 0.25) is 0 Å². The van der Waals surface area contributed by atoms with Crippen LogP contribution in [0.15, 0.2) is 22.7 Å². The maximum Gasteiger partial charge on any atom is 0.0635 e. The van der Waals surface area contributed by atoms with E-state index in [1.165, 1.54) is 0 Å². The average molecular weight is 268 g/mol. The molecule has 80 valence electrons. The van der Waals surface area contributed by atoms with E-state index in [-0.39, 0.29) is 0 Å². The summed E-state index contributed by atoms with van der Waals surface area (Å²) in [5.74, 6) is 0. The lowest BCUT2D eigenvalue weighted by Gasteiger charge is -2.17. The summed E-state index contributed by atoms with van der Waals surface area (Å²) in [6, 6.07) is 7.91. The smallest absolute Gasteiger partial charge is 0.0635 e. The molecule has 0 aliphatic heterocycles. The number of nitrogens with two attached hydrogens (primary N) is 1. The predicted molar refractivity (Wildman–Crippen MR) is 65.1 cm³/mol. The fourth-order valence-electron chi connectivity index (χ4n) is 1.33. The average Bonchev–Trinajstić information content (AvgIpc) is 2.21. The number of nitrogen functional groups attached to an aromatic ring is 1. The van der Waals surface area contributed by atoms with E-state index >= 15 is 0 Å². The van der Waals surface area contributed by atoms with Crippen molar-refractivity contribution in [1.29, 1.82) is 5.26 Å². The van der Waals surface area contributed by atoms with Gasteiger partial charge in [-0.15, -0.1) is 0 Å². The largest absolute Gasteiger partial charge is 0.398 e. The standard InChI is InChI=1S/C11H14BrN3/c1-15(7-3-6-13)8-9-10(12)4-2-5-11(9)14/h2,4-5H,3,7-8,14H2,1H3. The van der Waals surface area contributed by atoms with Crippen molar-refractivity contribution in [1.82, 2.24) is 4.90 Å². The summed E-state index contributed by atoms with van der Waals surface area (Å²) in [5.41, 5.74) is 7.74. The molecular formula is C11H14BrN3. The summed E-state index contributed by atoms with van der Waals surface area (Å²) < 4.78 is 1.02. The Morgan fingerprint density at radius 2 is 2.27 bits per heavy atom. The molecule has 2 N–H and O–H groups in total. The molecule has 0 heterocycles. The number of rotatable bonds is 4. The van der Waals surface area contributed by atoms with E-state index in [1.54, 1.807) is 0 Å². The molecule has 1 rings (SSSR count). The lowest BCUT2D eigenvalue weighted by molar-refractivity contribution is 0.335. The van der Waals surface area contributed by atoms with Crippen molar-refractivity contribution < 1.29 is 0 Å². The molecule has 0 radical (unpaired) electrons. The molecule has 0 amide bonds. The Morgan fingerprint density at radius 1 is 1.53 bits per heavy atom. The van der Waals surface area contributed by atoms with Gasteiger partial charge in [0.1, 0.15) is 0 Å². The fourth-order valence-corrected chi connectivity index (χ4v) is 1.84. The first kappa shape index (κ1) is 12.0. The van der Waals surface area contributed by atoms with E-state index in [0.717, 1.165) is 28.8 Å². The topological polar surface area (TPSA) is 53.0 Å². The van der Waals surface area contributed by atoms with Gasteiger partial charge in [-0.1, -0.05) is 22.0 Å². The van der Waals surface area contributed by atoms with Gasteiger partial charge >= 0.3 is 0 Å². The highest BCUT2D eigenvalue weighted by Gasteiger charge is 2.06. The summed E-state index contributed by atoms with van der Waals surface area (Å²) >= 11 is 3.47. The van der Waals surface area contributed by atoms with Crippen LogP contribution in [0.5, 0.6) is 0 Å². The van der Waals surface area contributed by atoms with Crippen LogP contribution in [0.25, 0.3) is 0 Å². The van der Waals surface area contributed by atoms with Crippen molar-refractivity contribution in [3.8, 4) is 6.07 Å². The third kappa shape index (κ3) is 3.54. The van der Waals surface area contributed by atoms with Gasteiger partial charge in [0, 0.05) is 35.2 Å². The second kappa shape index (κ2) is 5.74. The number of nitrogens with zero attached hydrogens (tertiary/aromatic N) is 2. The van der Waals surface area contributed by atoms with Crippen molar-refractivity contribution in [2.24, 2.45) is 0 Å². The Labute approximate surface area is 98.6 Å². The molecule has 0 bridgehead atoms. The lowest BCUT2D eigenvalue weighted by Crippen LogP contribution is -2.19. The minimum absolute atomic E-state index is 0.543. The van der Waals surface area contributed by atoms with Crippen LogP contribution in [-0.2, 0) is 6.54 Å². The number of nitriles is 1. The molecule has 15 heavy (non-hydrogen) atoms. The Morgan fingerprint density at radius 3 is 2.87 bits per heavy atom. The summed E-state index contributed by atoms with van der Waals surface area (Å²) in [7, 11) is 1.98. The molecule has 0 spiro atoms. The van der Waals surface area contributed by atoms with Gasteiger partial charge in [-0.25, -0.2) is 0 Å². The third-order valence-corrected chi connectivity index (χ3v) is 2.93. The molecule has 4 heteroatoms. The Kier molecular flexibility index (Phi) is 4.60. The summed E-state index contributed by atoms with van der Waals surface area (Å²) in [5, 5.41) is 8.48. The number of hydrogen-bond donors (Lipinski definition) is 1. The molecule has 0 atom stereocenters. The van der Waals surface area contributed by atoms with Gasteiger partial charge in [-0.3, -0.25) is 0 Å². The van der Waals surface area contributed by atoms with Crippen LogP contribution in [0.1, 0.15) is 12.0 Å². The van der Waals surface area contributed by atoms with Crippen molar-refractivity contribution in [3.63, 3.8) is 0 Å². The molecule has 3 nitrogen and oxygen atoms in total. The van der Waals surface area contributed by atoms with Crippen molar-refractivity contribution >= 4 is 21.6 Å². The van der Waals surface area contributed by atoms with Gasteiger partial charge in [0.25, 0.3) is 0 Å². The quantitative estimate of drug-likeness (QED) is 0.853. The Hall–Kier alpha value is -1.05. The molecule has 0 aliphatic rings. The summed E-state index contributed by atoms with van der Waals surface area (Å²) in [6.07, 6.45) is 0.543. The minimum Gasteiger partial charge on any atom is -0.398 e. The van der Waals surface area contributed by atoms with E-state index in [1.807, 2.05) is 25.2 Å². The van der Waals surface area contributed by atoms with Crippen LogP contribution in [0, 0.1) is 11.3 Å². The second-order valence-corrected chi connectivity index (χ2v) is 4.31. The first-order chi connectivity index (χ1) is 7.15.